The minimum Gasteiger partial charge on any atom is -0.462 e. The molecule has 4 aromatic carbocycles. The molecule has 0 aliphatic carbocycles. The van der Waals surface area contributed by atoms with Crippen molar-refractivity contribution in [3.63, 3.8) is 0 Å². The molecule has 0 fully saturated rings. The van der Waals surface area contributed by atoms with Crippen molar-refractivity contribution < 1.29 is 37.2 Å². The first-order valence-corrected chi connectivity index (χ1v) is 20.9. The monoisotopic (exact) mass is 758 g/mol. The van der Waals surface area contributed by atoms with Gasteiger partial charge in [-0.25, -0.2) is 9.59 Å². The number of esters is 2. The van der Waals surface area contributed by atoms with Gasteiger partial charge in [0, 0.05) is 0 Å². The van der Waals surface area contributed by atoms with E-state index in [0.717, 1.165) is 42.4 Å². The number of hydrogen-bond donors (Lipinski definition) is 0. The second-order valence-electron chi connectivity index (χ2n) is 13.5. The average molecular weight is 759 g/mol. The van der Waals surface area contributed by atoms with E-state index in [9.17, 15) is 14.2 Å². The van der Waals surface area contributed by atoms with Crippen LogP contribution in [0.15, 0.2) is 97.1 Å². The fourth-order valence-corrected chi connectivity index (χ4v) is 6.58. The lowest BCUT2D eigenvalue weighted by Gasteiger charge is -2.19. The summed E-state index contributed by atoms with van der Waals surface area (Å²) in [5.41, 5.74) is 3.81. The SMILES string of the molecule is CCCCCCCCOC(=O)c1ccccc1C(=O)OCCCCCCCC.Cc1ccc(OP(=O)(Oc2ccc(C)cc2)Oc2ccc(C)cc2)cc1. The van der Waals surface area contributed by atoms with E-state index in [4.69, 9.17) is 23.0 Å². The van der Waals surface area contributed by atoms with Crippen LogP contribution < -0.4 is 13.6 Å². The van der Waals surface area contributed by atoms with Crippen LogP contribution in [0.1, 0.15) is 128 Å². The number of benzene rings is 4. The van der Waals surface area contributed by atoms with Gasteiger partial charge < -0.3 is 23.0 Å². The molecule has 0 unspecified atom stereocenters. The van der Waals surface area contributed by atoms with E-state index >= 15 is 0 Å². The number of ether oxygens (including phenoxy) is 2. The third-order valence-electron chi connectivity index (χ3n) is 8.54. The van der Waals surface area contributed by atoms with Gasteiger partial charge in [0.15, 0.2) is 0 Å². The van der Waals surface area contributed by atoms with Crippen LogP contribution in [0.25, 0.3) is 0 Å². The first kappa shape index (κ1) is 43.9. The van der Waals surface area contributed by atoms with E-state index < -0.39 is 19.8 Å². The smallest absolute Gasteiger partial charge is 0.462 e. The van der Waals surface area contributed by atoms with Crippen molar-refractivity contribution in [1.82, 2.24) is 0 Å². The molecular weight excluding hydrogens is 699 g/mol. The standard InChI is InChI=1S/C24H38O4.C21H21O4P/c1-3-5-7-9-11-15-19-27-23(25)21-17-13-14-18-22(21)24(26)28-20-16-12-10-8-6-4-2;1-16-4-10-19(11-5-16)23-26(22,24-20-12-6-17(2)7-13-20)25-21-14-8-18(3)9-15-21/h13-14,17-18H,3-12,15-16,19-20H2,1-2H3;4-15H,1-3H3. The van der Waals surface area contributed by atoms with Crippen molar-refractivity contribution in [1.29, 1.82) is 0 Å². The summed E-state index contributed by atoms with van der Waals surface area (Å²) in [6.45, 7) is 11.1. The van der Waals surface area contributed by atoms with Gasteiger partial charge in [-0.3, -0.25) is 0 Å². The lowest BCUT2D eigenvalue weighted by atomic mass is 10.1. The van der Waals surface area contributed by atoms with Crippen molar-refractivity contribution in [2.45, 2.75) is 112 Å². The van der Waals surface area contributed by atoms with Crippen LogP contribution in [-0.2, 0) is 14.0 Å². The highest BCUT2D eigenvalue weighted by molar-refractivity contribution is 7.49. The molecule has 0 radical (unpaired) electrons. The molecule has 4 aromatic rings. The normalized spacial score (nSPS) is 10.8. The zero-order valence-electron chi connectivity index (χ0n) is 32.9. The number of carbonyl (C=O) groups excluding carboxylic acids is 2. The summed E-state index contributed by atoms with van der Waals surface area (Å²) in [5.74, 6) is 0.357. The Labute approximate surface area is 323 Å². The van der Waals surface area contributed by atoms with Crippen molar-refractivity contribution in [3.8, 4) is 17.2 Å². The lowest BCUT2D eigenvalue weighted by Crippen LogP contribution is -2.15. The van der Waals surface area contributed by atoms with Crippen molar-refractivity contribution >= 4 is 19.8 Å². The largest absolute Gasteiger partial charge is 0.647 e. The van der Waals surface area contributed by atoms with Crippen molar-refractivity contribution in [2.24, 2.45) is 0 Å². The van der Waals surface area contributed by atoms with Gasteiger partial charge in [0.2, 0.25) is 0 Å². The van der Waals surface area contributed by atoms with Gasteiger partial charge in [-0.05, 0) is 82.1 Å². The van der Waals surface area contributed by atoms with Crippen LogP contribution in [0.5, 0.6) is 17.2 Å². The Hall–Kier alpha value is -4.55. The molecule has 0 aliphatic heterocycles. The van der Waals surface area contributed by atoms with Crippen LogP contribution >= 0.6 is 7.82 Å². The summed E-state index contributed by atoms with van der Waals surface area (Å²) in [7, 11) is -3.93. The molecule has 0 amide bonds. The molecule has 8 nitrogen and oxygen atoms in total. The average Bonchev–Trinajstić information content (AvgIpc) is 3.17. The van der Waals surface area contributed by atoms with Gasteiger partial charge in [0.1, 0.15) is 17.2 Å². The van der Waals surface area contributed by atoms with Gasteiger partial charge in [-0.15, -0.1) is 0 Å². The quantitative estimate of drug-likeness (QED) is 0.0444. The highest BCUT2D eigenvalue weighted by Gasteiger charge is 2.33. The number of hydrogen-bond acceptors (Lipinski definition) is 8. The Morgan fingerprint density at radius 1 is 0.444 bits per heavy atom. The summed E-state index contributed by atoms with van der Waals surface area (Å²) < 4.78 is 40.9. The predicted molar refractivity (Wildman–Crippen MR) is 217 cm³/mol. The van der Waals surface area contributed by atoms with Crippen LogP contribution in [0, 0.1) is 20.8 Å². The van der Waals surface area contributed by atoms with E-state index in [1.54, 1.807) is 60.7 Å². The molecule has 0 bridgehead atoms. The molecule has 0 N–H and O–H groups in total. The van der Waals surface area contributed by atoms with Gasteiger partial charge in [-0.1, -0.05) is 143 Å². The maximum absolute atomic E-state index is 13.3. The van der Waals surface area contributed by atoms with E-state index in [1.165, 1.54) is 51.4 Å². The van der Waals surface area contributed by atoms with Gasteiger partial charge >= 0.3 is 19.8 Å². The predicted octanol–water partition coefficient (Wildman–Crippen LogP) is 13.0. The van der Waals surface area contributed by atoms with E-state index in [2.05, 4.69) is 13.8 Å². The number of carbonyl (C=O) groups is 2. The molecule has 0 aliphatic rings. The highest BCUT2D eigenvalue weighted by atomic mass is 31.2. The van der Waals surface area contributed by atoms with Crippen LogP contribution in [-0.4, -0.2) is 25.2 Å². The molecule has 0 saturated heterocycles. The van der Waals surface area contributed by atoms with Gasteiger partial charge in [-0.2, -0.15) is 4.57 Å². The fraction of sp³-hybridized carbons (Fsp3) is 0.422. The second kappa shape index (κ2) is 24.7. The molecule has 0 heterocycles. The molecule has 0 spiro atoms. The Balaban J connectivity index is 0.000000291. The third kappa shape index (κ3) is 17.1. The van der Waals surface area contributed by atoms with Crippen molar-refractivity contribution in [2.75, 3.05) is 13.2 Å². The summed E-state index contributed by atoms with van der Waals surface area (Å²) >= 11 is 0. The zero-order chi connectivity index (χ0) is 39.0. The fourth-order valence-electron chi connectivity index (χ4n) is 5.33. The second-order valence-corrected chi connectivity index (χ2v) is 15.0. The number of phosphoric ester groups is 1. The van der Waals surface area contributed by atoms with E-state index in [0.29, 0.717) is 41.6 Å². The van der Waals surface area contributed by atoms with Gasteiger partial charge in [0.05, 0.1) is 24.3 Å². The molecule has 0 aromatic heterocycles. The van der Waals surface area contributed by atoms with Crippen LogP contribution in [0.4, 0.5) is 0 Å². The number of phosphoric acid groups is 1. The van der Waals surface area contributed by atoms with E-state index in [-0.39, 0.29) is 0 Å². The minimum atomic E-state index is -3.93. The molecular formula is C45H59O8P. The topological polar surface area (TPSA) is 97.4 Å². The summed E-state index contributed by atoms with van der Waals surface area (Å²) in [6.07, 6.45) is 13.6. The van der Waals surface area contributed by atoms with Gasteiger partial charge in [0.25, 0.3) is 0 Å². The maximum Gasteiger partial charge on any atom is 0.647 e. The minimum absolute atomic E-state index is 0.293. The molecule has 4 rings (SSSR count). The maximum atomic E-state index is 13.3. The summed E-state index contributed by atoms with van der Waals surface area (Å²) in [4.78, 5) is 24.7. The third-order valence-corrected chi connectivity index (χ3v) is 9.85. The first-order chi connectivity index (χ1) is 26.1. The Bertz CT molecular complexity index is 1530. The van der Waals surface area contributed by atoms with E-state index in [1.807, 2.05) is 57.2 Å². The van der Waals surface area contributed by atoms with Crippen molar-refractivity contribution in [3.05, 3.63) is 125 Å². The Kier molecular flexibility index (Phi) is 20.1. The number of rotatable bonds is 22. The molecule has 9 heteroatoms. The molecule has 54 heavy (non-hydrogen) atoms. The van der Waals surface area contributed by atoms with Crippen LogP contribution in [0.3, 0.4) is 0 Å². The Morgan fingerprint density at radius 3 is 1.06 bits per heavy atom. The zero-order valence-corrected chi connectivity index (χ0v) is 33.7. The number of aryl methyl sites for hydroxylation is 3. The van der Waals surface area contributed by atoms with Crippen LogP contribution in [0.2, 0.25) is 0 Å². The lowest BCUT2D eigenvalue weighted by molar-refractivity contribution is 0.0450. The highest BCUT2D eigenvalue weighted by Crippen LogP contribution is 2.49. The summed E-state index contributed by atoms with van der Waals surface area (Å²) in [6, 6.07) is 28.4. The summed E-state index contributed by atoms with van der Waals surface area (Å²) in [5, 5.41) is 0. The number of unbranched alkanes of at least 4 members (excludes halogenated alkanes) is 10. The molecule has 0 atom stereocenters. The molecule has 292 valence electrons. The first-order valence-electron chi connectivity index (χ1n) is 19.4. The molecule has 0 saturated carbocycles. The Morgan fingerprint density at radius 2 is 0.741 bits per heavy atom.